The predicted molar refractivity (Wildman–Crippen MR) is 205 cm³/mol. The van der Waals surface area contributed by atoms with Crippen LogP contribution in [0.2, 0.25) is 0 Å². The van der Waals surface area contributed by atoms with Crippen molar-refractivity contribution >= 4 is 66.3 Å². The smallest absolute Gasteiger partial charge is 0.138 e. The summed E-state index contributed by atoms with van der Waals surface area (Å²) in [5, 5.41) is 6.20. The summed E-state index contributed by atoms with van der Waals surface area (Å²) < 4.78 is 4.72. The quantitative estimate of drug-likeness (QED) is 0.192. The molecule has 1 aliphatic heterocycles. The summed E-state index contributed by atoms with van der Waals surface area (Å²) in [5.41, 5.74) is 11.9. The van der Waals surface area contributed by atoms with Gasteiger partial charge in [-0.05, 0) is 95.1 Å². The minimum absolute atomic E-state index is 0.940. The van der Waals surface area contributed by atoms with E-state index in [1.807, 2.05) is 11.8 Å². The second-order valence-corrected chi connectivity index (χ2v) is 13.9. The first-order valence-electron chi connectivity index (χ1n) is 16.6. The number of benzene rings is 7. The molecular weight excluding hydrogens is 615 g/mol. The van der Waals surface area contributed by atoms with E-state index in [0.29, 0.717) is 0 Å². The van der Waals surface area contributed by atoms with E-state index in [2.05, 4.69) is 173 Å². The average molecular weight is 642 g/mol. The van der Waals surface area contributed by atoms with Gasteiger partial charge in [0.1, 0.15) is 5.82 Å². The van der Waals surface area contributed by atoms with Crippen LogP contribution < -0.4 is 0 Å². The van der Waals surface area contributed by atoms with Gasteiger partial charge in [-0.3, -0.25) is 4.57 Å². The standard InChI is InChI=1S/C45H27N3S/c1-2-11-30(12-3-1)47-38-17-7-4-13-31(38)34-25-28(21-23-40(34)47)29-22-24-41-35(26-29)32-14-5-8-18-39(32)48(41)44-27-36-33-15-6-9-19-42(33)49-43-20-10-16-37(46-44)45(36)43/h1-27H. The Morgan fingerprint density at radius 3 is 1.76 bits per heavy atom. The van der Waals surface area contributed by atoms with Crippen LogP contribution in [-0.2, 0) is 0 Å². The summed E-state index contributed by atoms with van der Waals surface area (Å²) in [6, 6.07) is 59.4. The largest absolute Gasteiger partial charge is 0.309 e. The van der Waals surface area contributed by atoms with Crippen molar-refractivity contribution < 1.29 is 0 Å². The minimum Gasteiger partial charge on any atom is -0.309 e. The Balaban J connectivity index is 1.12. The molecule has 0 spiro atoms. The fourth-order valence-electron chi connectivity index (χ4n) is 7.96. The maximum Gasteiger partial charge on any atom is 0.138 e. The molecule has 3 aromatic heterocycles. The molecular formula is C45H27N3S. The molecule has 0 unspecified atom stereocenters. The van der Waals surface area contributed by atoms with Gasteiger partial charge in [0.25, 0.3) is 0 Å². The highest BCUT2D eigenvalue weighted by atomic mass is 32.2. The first-order chi connectivity index (χ1) is 24.3. The van der Waals surface area contributed by atoms with E-state index in [-0.39, 0.29) is 0 Å². The molecule has 3 nitrogen and oxygen atoms in total. The van der Waals surface area contributed by atoms with Crippen LogP contribution in [-0.4, -0.2) is 14.1 Å². The van der Waals surface area contributed by atoms with Crippen LogP contribution in [0, 0.1) is 0 Å². The summed E-state index contributed by atoms with van der Waals surface area (Å²) in [7, 11) is 0. The van der Waals surface area contributed by atoms with Gasteiger partial charge in [-0.15, -0.1) is 0 Å². The molecule has 4 heterocycles. The Kier molecular flexibility index (Phi) is 5.60. The molecule has 0 saturated carbocycles. The van der Waals surface area contributed by atoms with Crippen LogP contribution in [0.1, 0.15) is 0 Å². The van der Waals surface area contributed by atoms with Crippen molar-refractivity contribution in [3.8, 4) is 33.8 Å². The summed E-state index contributed by atoms with van der Waals surface area (Å²) in [4.78, 5) is 7.86. The summed E-state index contributed by atoms with van der Waals surface area (Å²) in [6.07, 6.45) is 0. The van der Waals surface area contributed by atoms with E-state index >= 15 is 0 Å². The van der Waals surface area contributed by atoms with Gasteiger partial charge in [0.15, 0.2) is 0 Å². The van der Waals surface area contributed by atoms with Crippen LogP contribution in [0.25, 0.3) is 88.3 Å². The number of nitrogens with zero attached hydrogens (tertiary/aromatic N) is 3. The van der Waals surface area contributed by atoms with Gasteiger partial charge >= 0.3 is 0 Å². The van der Waals surface area contributed by atoms with E-state index in [9.17, 15) is 0 Å². The van der Waals surface area contributed by atoms with E-state index in [0.717, 1.165) is 22.4 Å². The molecule has 1 aliphatic rings. The maximum absolute atomic E-state index is 5.31. The Morgan fingerprint density at radius 1 is 0.408 bits per heavy atom. The van der Waals surface area contributed by atoms with Gasteiger partial charge in [-0.1, -0.05) is 103 Å². The number of rotatable bonds is 3. The topological polar surface area (TPSA) is 22.8 Å². The Hall–Kier alpha value is -6.10. The van der Waals surface area contributed by atoms with Crippen LogP contribution >= 0.6 is 11.8 Å². The second-order valence-electron chi connectivity index (χ2n) is 12.8. The van der Waals surface area contributed by atoms with Crippen LogP contribution in [0.15, 0.2) is 174 Å². The number of aromatic nitrogens is 3. The summed E-state index contributed by atoms with van der Waals surface area (Å²) in [5.74, 6) is 0.940. The van der Waals surface area contributed by atoms with Crippen molar-refractivity contribution in [1.29, 1.82) is 0 Å². The van der Waals surface area contributed by atoms with Crippen molar-refractivity contribution in [3.63, 3.8) is 0 Å². The number of hydrogen-bond acceptors (Lipinski definition) is 2. The van der Waals surface area contributed by atoms with Gasteiger partial charge < -0.3 is 4.57 Å². The van der Waals surface area contributed by atoms with Crippen molar-refractivity contribution in [3.05, 3.63) is 164 Å². The van der Waals surface area contributed by atoms with Gasteiger partial charge in [-0.25, -0.2) is 4.98 Å². The Morgan fingerprint density at radius 2 is 1.00 bits per heavy atom. The molecule has 0 radical (unpaired) electrons. The monoisotopic (exact) mass is 641 g/mol. The number of hydrogen-bond donors (Lipinski definition) is 0. The zero-order chi connectivity index (χ0) is 32.1. The molecule has 4 heteroatoms. The molecule has 49 heavy (non-hydrogen) atoms. The van der Waals surface area contributed by atoms with Gasteiger partial charge in [0.2, 0.25) is 0 Å². The Bertz CT molecular complexity index is 2970. The van der Waals surface area contributed by atoms with E-state index in [4.69, 9.17) is 4.98 Å². The highest BCUT2D eigenvalue weighted by molar-refractivity contribution is 7.99. The lowest BCUT2D eigenvalue weighted by molar-refractivity contribution is 1.10. The third kappa shape index (κ3) is 3.89. The first-order valence-corrected chi connectivity index (χ1v) is 17.5. The minimum atomic E-state index is 0.940. The molecule has 10 aromatic rings. The van der Waals surface area contributed by atoms with Crippen molar-refractivity contribution in [1.82, 2.24) is 14.1 Å². The van der Waals surface area contributed by atoms with Crippen LogP contribution in [0.5, 0.6) is 0 Å². The van der Waals surface area contributed by atoms with Crippen molar-refractivity contribution in [2.45, 2.75) is 9.79 Å². The number of para-hydroxylation sites is 3. The molecule has 11 rings (SSSR count). The highest BCUT2D eigenvalue weighted by Crippen LogP contribution is 2.48. The summed E-state index contributed by atoms with van der Waals surface area (Å²) >= 11 is 1.84. The molecule has 0 N–H and O–H groups in total. The molecule has 0 aliphatic carbocycles. The molecule has 7 aromatic carbocycles. The molecule has 0 amide bonds. The average Bonchev–Trinajstić information content (AvgIpc) is 3.67. The fourth-order valence-corrected chi connectivity index (χ4v) is 9.09. The first kappa shape index (κ1) is 26.9. The van der Waals surface area contributed by atoms with Crippen LogP contribution in [0.4, 0.5) is 0 Å². The van der Waals surface area contributed by atoms with Crippen LogP contribution in [0.3, 0.4) is 0 Å². The van der Waals surface area contributed by atoms with Gasteiger partial charge in [0, 0.05) is 42.4 Å². The number of fused-ring (bicyclic) bond motifs is 8. The Labute approximate surface area is 286 Å². The van der Waals surface area contributed by atoms with Gasteiger partial charge in [0.05, 0.1) is 27.6 Å². The zero-order valence-corrected chi connectivity index (χ0v) is 27.2. The SMILES string of the molecule is c1ccc(-n2c3ccccc3c3cc(-c4ccc5c(c4)c4ccccc4n5-c4cc5c6c(cccc6n4)Sc4ccccc4-5)ccc32)cc1. The third-order valence-electron chi connectivity index (χ3n) is 10.1. The van der Waals surface area contributed by atoms with E-state index in [1.54, 1.807) is 0 Å². The maximum atomic E-state index is 5.31. The molecule has 0 atom stereocenters. The van der Waals surface area contributed by atoms with E-state index in [1.165, 1.54) is 75.7 Å². The van der Waals surface area contributed by atoms with Crippen molar-refractivity contribution in [2.75, 3.05) is 0 Å². The molecule has 0 fully saturated rings. The lowest BCUT2D eigenvalue weighted by atomic mass is 10.00. The highest BCUT2D eigenvalue weighted by Gasteiger charge is 2.22. The van der Waals surface area contributed by atoms with Crippen molar-refractivity contribution in [2.24, 2.45) is 0 Å². The lowest BCUT2D eigenvalue weighted by Crippen LogP contribution is -2.01. The van der Waals surface area contributed by atoms with E-state index < -0.39 is 0 Å². The normalized spacial score (nSPS) is 12.4. The molecule has 0 bridgehead atoms. The second kappa shape index (κ2) is 10.2. The molecule has 0 saturated heterocycles. The van der Waals surface area contributed by atoms with Gasteiger partial charge in [-0.2, -0.15) is 0 Å². The summed E-state index contributed by atoms with van der Waals surface area (Å²) in [6.45, 7) is 0. The lowest BCUT2D eigenvalue weighted by Gasteiger charge is -2.21. The zero-order valence-electron chi connectivity index (χ0n) is 26.3. The third-order valence-corrected chi connectivity index (χ3v) is 11.2. The number of pyridine rings is 1. The molecule has 228 valence electrons. The predicted octanol–water partition coefficient (Wildman–Crippen LogP) is 12.2. The fraction of sp³-hybridized carbons (Fsp3) is 0.